The van der Waals surface area contributed by atoms with Gasteiger partial charge in [-0.25, -0.2) is 0 Å². The van der Waals surface area contributed by atoms with Gasteiger partial charge in [0.1, 0.15) is 0 Å². The van der Waals surface area contributed by atoms with Crippen LogP contribution in [-0.4, -0.2) is 40.5 Å². The Morgan fingerprint density at radius 3 is 2.25 bits per heavy atom. The zero-order valence-electron chi connectivity index (χ0n) is 12.2. The summed E-state index contributed by atoms with van der Waals surface area (Å²) in [7, 11) is 0. The topological polar surface area (TPSA) is 89.8 Å². The van der Waals surface area contributed by atoms with Crippen molar-refractivity contribution in [3.63, 3.8) is 0 Å². The number of rotatable bonds is 7. The molecule has 0 aliphatic rings. The molecule has 0 aromatic heterocycles. The molecule has 0 fully saturated rings. The summed E-state index contributed by atoms with van der Waals surface area (Å²) in [6.07, 6.45) is -1.12. The van der Waals surface area contributed by atoms with Crippen LogP contribution in [0.1, 0.15) is 34.8 Å². The number of carbonyl (C=O) groups is 1. The fourth-order valence-corrected chi connectivity index (χ4v) is 2.59. The first-order valence-corrected chi connectivity index (χ1v) is 6.68. The van der Waals surface area contributed by atoms with Gasteiger partial charge < -0.3 is 20.6 Å². The molecule has 1 aromatic carbocycles. The van der Waals surface area contributed by atoms with Crippen molar-refractivity contribution in [2.75, 3.05) is 13.2 Å². The molecule has 0 heterocycles. The monoisotopic (exact) mass is 281 g/mol. The molecular formula is C15H23NO4. The van der Waals surface area contributed by atoms with Gasteiger partial charge in [-0.3, -0.25) is 4.79 Å². The highest BCUT2D eigenvalue weighted by Crippen LogP contribution is 2.27. The van der Waals surface area contributed by atoms with Crippen LogP contribution in [0.2, 0.25) is 0 Å². The van der Waals surface area contributed by atoms with E-state index in [1.165, 1.54) is 0 Å². The number of aliphatic carboxylic acids is 1. The lowest BCUT2D eigenvalue weighted by molar-refractivity contribution is -0.138. The van der Waals surface area contributed by atoms with Crippen LogP contribution in [-0.2, 0) is 4.79 Å². The predicted octanol–water partition coefficient (Wildman–Crippen LogP) is 1.07. The maximum atomic E-state index is 10.9. The fraction of sp³-hybridized carbons (Fsp3) is 0.533. The molecule has 0 bridgehead atoms. The summed E-state index contributed by atoms with van der Waals surface area (Å²) in [5.41, 5.74) is 3.74. The van der Waals surface area contributed by atoms with Gasteiger partial charge in [0.15, 0.2) is 0 Å². The van der Waals surface area contributed by atoms with E-state index in [4.69, 9.17) is 10.2 Å². The van der Waals surface area contributed by atoms with E-state index in [9.17, 15) is 9.90 Å². The van der Waals surface area contributed by atoms with Crippen molar-refractivity contribution in [1.29, 1.82) is 0 Å². The molecule has 0 radical (unpaired) electrons. The predicted molar refractivity (Wildman–Crippen MR) is 76.7 cm³/mol. The van der Waals surface area contributed by atoms with Crippen molar-refractivity contribution >= 4 is 5.97 Å². The summed E-state index contributed by atoms with van der Waals surface area (Å²) >= 11 is 0. The Bertz CT molecular complexity index is 450. The third-order valence-corrected chi connectivity index (χ3v) is 3.33. The van der Waals surface area contributed by atoms with E-state index in [0.29, 0.717) is 0 Å². The Balaban J connectivity index is 3.04. The van der Waals surface area contributed by atoms with Gasteiger partial charge in [0.2, 0.25) is 0 Å². The molecule has 0 aliphatic carbocycles. The van der Waals surface area contributed by atoms with Crippen LogP contribution in [0.5, 0.6) is 0 Å². The minimum Gasteiger partial charge on any atom is -0.481 e. The summed E-state index contributed by atoms with van der Waals surface area (Å²) in [6.45, 7) is 5.94. The molecule has 20 heavy (non-hydrogen) atoms. The second-order valence-electron chi connectivity index (χ2n) is 5.14. The lowest BCUT2D eigenvalue weighted by Gasteiger charge is -2.26. The molecule has 0 aliphatic heterocycles. The van der Waals surface area contributed by atoms with Crippen LogP contribution in [0, 0.1) is 20.8 Å². The first-order chi connectivity index (χ1) is 9.36. The van der Waals surface area contributed by atoms with Gasteiger partial charge in [0.25, 0.3) is 0 Å². The highest BCUT2D eigenvalue weighted by atomic mass is 16.4. The molecule has 1 rings (SSSR count). The summed E-state index contributed by atoms with van der Waals surface area (Å²) < 4.78 is 0. The zero-order valence-corrected chi connectivity index (χ0v) is 12.2. The normalized spacial score (nSPS) is 14.1. The number of aryl methyl sites for hydroxylation is 3. The highest BCUT2D eigenvalue weighted by Gasteiger charge is 2.25. The number of carboxylic acid groups (broad SMARTS) is 1. The lowest BCUT2D eigenvalue weighted by atomic mass is 9.91. The van der Waals surface area contributed by atoms with Crippen molar-refractivity contribution < 1.29 is 20.1 Å². The van der Waals surface area contributed by atoms with Crippen LogP contribution in [0.25, 0.3) is 0 Å². The van der Waals surface area contributed by atoms with E-state index in [1.54, 1.807) is 0 Å². The van der Waals surface area contributed by atoms with Crippen molar-refractivity contribution in [2.45, 2.75) is 39.3 Å². The third-order valence-electron chi connectivity index (χ3n) is 3.33. The molecule has 0 spiro atoms. The summed E-state index contributed by atoms with van der Waals surface area (Å²) in [5, 5.41) is 31.2. The number of hydrogen-bond donors (Lipinski definition) is 4. The first-order valence-electron chi connectivity index (χ1n) is 6.68. The van der Waals surface area contributed by atoms with Crippen molar-refractivity contribution in [2.24, 2.45) is 0 Å². The van der Waals surface area contributed by atoms with E-state index in [1.807, 2.05) is 32.9 Å². The molecule has 4 N–H and O–H groups in total. The number of aliphatic hydroxyl groups excluding tert-OH is 2. The fourth-order valence-electron chi connectivity index (χ4n) is 2.59. The lowest BCUT2D eigenvalue weighted by Crippen LogP contribution is -2.39. The average molecular weight is 281 g/mol. The molecule has 2 unspecified atom stereocenters. The maximum absolute atomic E-state index is 10.9. The van der Waals surface area contributed by atoms with E-state index < -0.39 is 18.1 Å². The van der Waals surface area contributed by atoms with Crippen LogP contribution >= 0.6 is 0 Å². The summed E-state index contributed by atoms with van der Waals surface area (Å²) in [5.74, 6) is -0.984. The smallest absolute Gasteiger partial charge is 0.305 e. The number of aliphatic hydroxyl groups is 2. The van der Waals surface area contributed by atoms with Gasteiger partial charge in [-0.05, 0) is 37.5 Å². The molecule has 2 atom stereocenters. The van der Waals surface area contributed by atoms with E-state index in [0.717, 1.165) is 22.3 Å². The second kappa shape index (κ2) is 7.38. The van der Waals surface area contributed by atoms with Crippen molar-refractivity contribution in [1.82, 2.24) is 5.32 Å². The molecule has 0 saturated heterocycles. The van der Waals surface area contributed by atoms with Crippen LogP contribution in [0.3, 0.4) is 0 Å². The summed E-state index contributed by atoms with van der Waals surface area (Å²) in [6, 6.07) is 3.31. The molecule has 5 heteroatoms. The number of carboxylic acids is 1. The van der Waals surface area contributed by atoms with Crippen molar-refractivity contribution in [3.05, 3.63) is 34.4 Å². The van der Waals surface area contributed by atoms with Gasteiger partial charge in [-0.15, -0.1) is 0 Å². The van der Waals surface area contributed by atoms with E-state index >= 15 is 0 Å². The minimum absolute atomic E-state index is 0.102. The Morgan fingerprint density at radius 1 is 1.25 bits per heavy atom. The molecule has 112 valence electrons. The quantitative estimate of drug-likeness (QED) is 0.600. The highest BCUT2D eigenvalue weighted by molar-refractivity contribution is 5.67. The first kappa shape index (κ1) is 16.6. The van der Waals surface area contributed by atoms with Crippen LogP contribution in [0.4, 0.5) is 0 Å². The minimum atomic E-state index is -0.984. The largest absolute Gasteiger partial charge is 0.481 e. The van der Waals surface area contributed by atoms with Crippen LogP contribution in [0.15, 0.2) is 12.1 Å². The average Bonchev–Trinajstić information content (AvgIpc) is 2.32. The number of nitrogens with one attached hydrogen (secondary N) is 1. The Hall–Kier alpha value is -1.43. The second-order valence-corrected chi connectivity index (χ2v) is 5.14. The van der Waals surface area contributed by atoms with Gasteiger partial charge in [-0.1, -0.05) is 17.7 Å². The summed E-state index contributed by atoms with van der Waals surface area (Å²) in [4.78, 5) is 10.9. The molecule has 0 saturated carbocycles. The molecular weight excluding hydrogens is 258 g/mol. The van der Waals surface area contributed by atoms with Crippen LogP contribution < -0.4 is 5.32 Å². The van der Waals surface area contributed by atoms with Crippen molar-refractivity contribution in [3.8, 4) is 0 Å². The van der Waals surface area contributed by atoms with Gasteiger partial charge in [0, 0.05) is 12.6 Å². The molecule has 0 amide bonds. The number of benzene rings is 1. The van der Waals surface area contributed by atoms with Gasteiger partial charge in [-0.2, -0.15) is 0 Å². The van der Waals surface area contributed by atoms with E-state index in [-0.39, 0.29) is 19.6 Å². The third kappa shape index (κ3) is 4.30. The Morgan fingerprint density at radius 2 is 1.80 bits per heavy atom. The zero-order chi connectivity index (χ0) is 15.3. The van der Waals surface area contributed by atoms with Gasteiger partial charge in [0.05, 0.1) is 19.1 Å². The Labute approximate surface area is 119 Å². The molecule has 5 nitrogen and oxygen atoms in total. The van der Waals surface area contributed by atoms with Gasteiger partial charge >= 0.3 is 5.97 Å². The maximum Gasteiger partial charge on any atom is 0.305 e. The SMILES string of the molecule is Cc1cc(C)c(C(O)C(CC(=O)O)NCCO)c(C)c1. The standard InChI is InChI=1S/C15H23NO4/c1-9-6-10(2)14(11(3)7-9)15(20)12(8-13(18)19)16-4-5-17/h6-7,12,15-17,20H,4-5,8H2,1-3H3,(H,18,19). The Kier molecular flexibility index (Phi) is 6.13. The van der Waals surface area contributed by atoms with E-state index in [2.05, 4.69) is 5.32 Å². The number of hydrogen-bond acceptors (Lipinski definition) is 4. The molecule has 1 aromatic rings.